The number of carbonyl (C=O) groups is 2. The van der Waals surface area contributed by atoms with Crippen LogP contribution in [0.5, 0.6) is 0 Å². The molecule has 1 aromatic heterocycles. The number of nitrogens with one attached hydrogen (secondary N) is 2. The maximum atomic E-state index is 12.7. The highest BCUT2D eigenvalue weighted by Crippen LogP contribution is 2.30. The number of hydrogen-bond donors (Lipinski definition) is 2. The molecule has 0 bridgehead atoms. The number of hydrogen-bond acceptors (Lipinski definition) is 6. The van der Waals surface area contributed by atoms with Crippen LogP contribution in [0.1, 0.15) is 40.2 Å². The molecule has 142 valence electrons. The molecule has 0 saturated carbocycles. The second kappa shape index (κ2) is 8.13. The zero-order chi connectivity index (χ0) is 18.7. The molecule has 2 atom stereocenters. The summed E-state index contributed by atoms with van der Waals surface area (Å²) in [4.78, 5) is 38.1. The minimum atomic E-state index is -0.450. The van der Waals surface area contributed by atoms with Gasteiger partial charge in [0, 0.05) is 25.7 Å². The van der Waals surface area contributed by atoms with Crippen molar-refractivity contribution in [3.8, 4) is 0 Å². The van der Waals surface area contributed by atoms with Crippen molar-refractivity contribution in [2.75, 3.05) is 26.2 Å². The van der Waals surface area contributed by atoms with Crippen LogP contribution in [0.2, 0.25) is 0 Å². The van der Waals surface area contributed by atoms with E-state index in [1.54, 1.807) is 11.8 Å². The summed E-state index contributed by atoms with van der Waals surface area (Å²) in [6.07, 6.45) is 3.74. The highest BCUT2D eigenvalue weighted by atomic mass is 32.1. The molecule has 2 aliphatic rings. The van der Waals surface area contributed by atoms with E-state index in [4.69, 9.17) is 0 Å². The Morgan fingerprint density at radius 1 is 1.42 bits per heavy atom. The van der Waals surface area contributed by atoms with Crippen molar-refractivity contribution < 1.29 is 14.5 Å². The van der Waals surface area contributed by atoms with Crippen molar-refractivity contribution in [1.29, 1.82) is 0 Å². The lowest BCUT2D eigenvalue weighted by molar-refractivity contribution is -0.385. The van der Waals surface area contributed by atoms with Crippen molar-refractivity contribution in [3.05, 3.63) is 25.9 Å². The van der Waals surface area contributed by atoms with Gasteiger partial charge in [-0.3, -0.25) is 19.7 Å². The summed E-state index contributed by atoms with van der Waals surface area (Å²) in [6.45, 7) is 4.33. The number of piperidine rings is 1. The lowest BCUT2D eigenvalue weighted by Crippen LogP contribution is -2.46. The monoisotopic (exact) mass is 380 g/mol. The van der Waals surface area contributed by atoms with E-state index in [0.717, 1.165) is 32.2 Å². The van der Waals surface area contributed by atoms with Gasteiger partial charge in [0.2, 0.25) is 5.91 Å². The predicted molar refractivity (Wildman–Crippen MR) is 98.4 cm³/mol. The number of rotatable bonds is 5. The van der Waals surface area contributed by atoms with Crippen LogP contribution in [-0.2, 0) is 4.79 Å². The van der Waals surface area contributed by atoms with Gasteiger partial charge in [0.25, 0.3) is 11.6 Å². The average molecular weight is 380 g/mol. The van der Waals surface area contributed by atoms with Crippen LogP contribution < -0.4 is 10.6 Å². The van der Waals surface area contributed by atoms with E-state index in [2.05, 4.69) is 10.6 Å². The molecule has 2 fully saturated rings. The van der Waals surface area contributed by atoms with Crippen molar-refractivity contribution in [3.63, 3.8) is 0 Å². The molecule has 3 heterocycles. The van der Waals surface area contributed by atoms with Gasteiger partial charge in [-0.25, -0.2) is 0 Å². The van der Waals surface area contributed by atoms with E-state index >= 15 is 0 Å². The van der Waals surface area contributed by atoms with E-state index in [1.807, 2.05) is 0 Å². The van der Waals surface area contributed by atoms with Gasteiger partial charge in [0.1, 0.15) is 0 Å². The SMILES string of the molecule is Cc1sc(C(=O)N2CCCC(CNC(=O)C3CCCN3)C2)cc1[N+](=O)[O-]. The third-order valence-corrected chi connectivity index (χ3v) is 6.07. The Hall–Kier alpha value is -2.00. The minimum absolute atomic E-state index is 0.00300. The largest absolute Gasteiger partial charge is 0.354 e. The molecule has 8 nitrogen and oxygen atoms in total. The zero-order valence-electron chi connectivity index (χ0n) is 14.8. The highest BCUT2D eigenvalue weighted by molar-refractivity contribution is 7.14. The third kappa shape index (κ3) is 4.21. The first-order chi connectivity index (χ1) is 12.5. The molecular weight excluding hydrogens is 356 g/mol. The smallest absolute Gasteiger partial charge is 0.283 e. The molecule has 0 radical (unpaired) electrons. The Morgan fingerprint density at radius 3 is 2.88 bits per heavy atom. The number of nitro groups is 1. The van der Waals surface area contributed by atoms with Crippen LogP contribution in [-0.4, -0.2) is 53.9 Å². The maximum Gasteiger partial charge on any atom is 0.283 e. The van der Waals surface area contributed by atoms with Crippen LogP contribution in [0.15, 0.2) is 6.07 Å². The van der Waals surface area contributed by atoms with Crippen LogP contribution >= 0.6 is 11.3 Å². The first-order valence-corrected chi connectivity index (χ1v) is 9.82. The number of likely N-dealkylation sites (tertiary alicyclic amines) is 1. The van der Waals surface area contributed by atoms with Crippen LogP contribution in [0, 0.1) is 23.0 Å². The lowest BCUT2D eigenvalue weighted by Gasteiger charge is -2.32. The second-order valence-electron chi connectivity index (χ2n) is 6.96. The van der Waals surface area contributed by atoms with E-state index in [-0.39, 0.29) is 29.5 Å². The summed E-state index contributed by atoms with van der Waals surface area (Å²) in [6, 6.07) is 1.28. The summed E-state index contributed by atoms with van der Waals surface area (Å²) < 4.78 is 0. The standard InChI is InChI=1S/C17H24N4O4S/c1-11-14(21(24)25)8-15(26-11)17(23)20-7-3-4-12(10-20)9-19-16(22)13-5-2-6-18-13/h8,12-13,18H,2-7,9-10H2,1H3,(H,19,22). The lowest BCUT2D eigenvalue weighted by atomic mass is 9.97. The molecule has 3 rings (SSSR count). The Bertz CT molecular complexity index is 699. The molecule has 2 saturated heterocycles. The summed E-state index contributed by atoms with van der Waals surface area (Å²) in [7, 11) is 0. The zero-order valence-corrected chi connectivity index (χ0v) is 15.6. The van der Waals surface area contributed by atoms with Crippen LogP contribution in [0.25, 0.3) is 0 Å². The molecule has 2 N–H and O–H groups in total. The first-order valence-electron chi connectivity index (χ1n) is 9.01. The molecular formula is C17H24N4O4S. The van der Waals surface area contributed by atoms with Gasteiger partial charge in [-0.1, -0.05) is 0 Å². The van der Waals surface area contributed by atoms with Crippen molar-refractivity contribution in [2.24, 2.45) is 5.92 Å². The molecule has 0 aliphatic carbocycles. The number of aryl methyl sites for hydroxylation is 1. The van der Waals surface area contributed by atoms with Gasteiger partial charge in [0.05, 0.1) is 20.7 Å². The number of carbonyl (C=O) groups excluding carboxylic acids is 2. The molecule has 9 heteroatoms. The van der Waals surface area contributed by atoms with Crippen molar-refractivity contribution >= 4 is 28.8 Å². The number of thiophene rings is 1. The molecule has 2 amide bonds. The Morgan fingerprint density at radius 2 is 2.23 bits per heavy atom. The topological polar surface area (TPSA) is 105 Å². The van der Waals surface area contributed by atoms with Gasteiger partial charge in [-0.05, 0) is 45.1 Å². The molecule has 0 spiro atoms. The summed E-state index contributed by atoms with van der Waals surface area (Å²) >= 11 is 1.17. The van der Waals surface area contributed by atoms with Gasteiger partial charge in [0.15, 0.2) is 0 Å². The second-order valence-corrected chi connectivity index (χ2v) is 8.22. The normalized spacial score (nSPS) is 23.0. The molecule has 1 aromatic rings. The van der Waals surface area contributed by atoms with Crippen molar-refractivity contribution in [2.45, 2.75) is 38.6 Å². The Kier molecular flexibility index (Phi) is 5.87. The fourth-order valence-corrected chi connectivity index (χ4v) is 4.56. The van der Waals surface area contributed by atoms with Crippen LogP contribution in [0.3, 0.4) is 0 Å². The quantitative estimate of drug-likeness (QED) is 0.597. The van der Waals surface area contributed by atoms with E-state index in [0.29, 0.717) is 29.4 Å². The Labute approximate surface area is 156 Å². The molecule has 2 aliphatic heterocycles. The van der Waals surface area contributed by atoms with E-state index in [9.17, 15) is 19.7 Å². The third-order valence-electron chi connectivity index (χ3n) is 5.05. The number of nitrogens with zero attached hydrogens (tertiary/aromatic N) is 2. The summed E-state index contributed by atoms with van der Waals surface area (Å²) in [5.41, 5.74) is 0.00300. The minimum Gasteiger partial charge on any atom is -0.354 e. The molecule has 0 aromatic carbocycles. The van der Waals surface area contributed by atoms with Gasteiger partial charge in [-0.2, -0.15) is 0 Å². The van der Waals surface area contributed by atoms with Crippen molar-refractivity contribution in [1.82, 2.24) is 15.5 Å². The van der Waals surface area contributed by atoms with Gasteiger partial charge >= 0.3 is 0 Å². The predicted octanol–water partition coefficient (Wildman–Crippen LogP) is 1.69. The van der Waals surface area contributed by atoms with E-state index < -0.39 is 4.92 Å². The maximum absolute atomic E-state index is 12.7. The fraction of sp³-hybridized carbons (Fsp3) is 0.647. The molecule has 26 heavy (non-hydrogen) atoms. The van der Waals surface area contributed by atoms with Crippen LogP contribution in [0.4, 0.5) is 5.69 Å². The summed E-state index contributed by atoms with van der Waals surface area (Å²) in [5, 5.41) is 17.2. The summed E-state index contributed by atoms with van der Waals surface area (Å²) in [5.74, 6) is 0.101. The van der Waals surface area contributed by atoms with Gasteiger partial charge in [-0.15, -0.1) is 11.3 Å². The number of amides is 2. The fourth-order valence-electron chi connectivity index (χ4n) is 3.61. The Balaban J connectivity index is 1.55. The first kappa shape index (κ1) is 18.8. The average Bonchev–Trinajstić information content (AvgIpc) is 3.29. The molecule has 2 unspecified atom stereocenters. The highest BCUT2D eigenvalue weighted by Gasteiger charge is 2.29. The van der Waals surface area contributed by atoms with E-state index in [1.165, 1.54) is 17.4 Å². The van der Waals surface area contributed by atoms with Gasteiger partial charge < -0.3 is 15.5 Å².